The minimum absolute atomic E-state index is 0.0794. The van der Waals surface area contributed by atoms with Crippen molar-refractivity contribution in [1.29, 1.82) is 0 Å². The van der Waals surface area contributed by atoms with Crippen LogP contribution in [0.1, 0.15) is 67.6 Å². The molecule has 1 aliphatic carbocycles. The van der Waals surface area contributed by atoms with Crippen molar-refractivity contribution in [2.75, 3.05) is 13.7 Å². The van der Waals surface area contributed by atoms with Crippen molar-refractivity contribution >= 4 is 16.6 Å². The van der Waals surface area contributed by atoms with Gasteiger partial charge in [0.05, 0.1) is 30.1 Å². The van der Waals surface area contributed by atoms with Gasteiger partial charge in [0, 0.05) is 47.4 Å². The first-order valence-electron chi connectivity index (χ1n) is 12.3. The molecule has 34 heavy (non-hydrogen) atoms. The quantitative estimate of drug-likeness (QED) is 0.517. The molecule has 4 nitrogen and oxygen atoms in total. The summed E-state index contributed by atoms with van der Waals surface area (Å²) in [5.74, 6) is 0.00212. The molecule has 180 valence electrons. The first-order chi connectivity index (χ1) is 16.4. The summed E-state index contributed by atoms with van der Waals surface area (Å²) in [6, 6.07) is 1.49. The molecule has 5 rings (SSSR count). The number of benzene rings is 1. The smallest absolute Gasteiger partial charge is 0.128 e. The molecule has 2 N–H and O–H groups in total. The molecule has 3 aliphatic rings. The summed E-state index contributed by atoms with van der Waals surface area (Å²) in [7, 11) is 1.71. The van der Waals surface area contributed by atoms with Crippen LogP contribution in [0.15, 0.2) is 48.2 Å². The first-order valence-corrected chi connectivity index (χ1v) is 12.3. The lowest BCUT2D eigenvalue weighted by atomic mass is 9.82. The van der Waals surface area contributed by atoms with Gasteiger partial charge in [0.25, 0.3) is 0 Å². The Morgan fingerprint density at radius 3 is 2.74 bits per heavy atom. The average Bonchev–Trinajstić information content (AvgIpc) is 3.21. The van der Waals surface area contributed by atoms with Crippen LogP contribution in [-0.4, -0.2) is 23.6 Å². The van der Waals surface area contributed by atoms with Crippen molar-refractivity contribution in [3.05, 3.63) is 82.0 Å². The van der Waals surface area contributed by atoms with Gasteiger partial charge in [-0.05, 0) is 54.5 Å². The number of hydrogen-bond acceptors (Lipinski definition) is 4. The number of fused-ring (bicyclic) bond motifs is 4. The zero-order valence-corrected chi connectivity index (χ0v) is 21.1. The highest BCUT2D eigenvalue weighted by molar-refractivity contribution is 5.93. The SMILES string of the molecule is C=CC(CC)C1=C(COC)C(=C)N2Cc3c(nc4cc(F)c(C)c5c4c3C(N)CC5)C2=C1.CC. The molecule has 3 heterocycles. The molecule has 0 amide bonds. The van der Waals surface area contributed by atoms with Crippen LogP contribution in [0, 0.1) is 18.7 Å². The number of aromatic nitrogens is 1. The fourth-order valence-electron chi connectivity index (χ4n) is 5.66. The van der Waals surface area contributed by atoms with E-state index >= 15 is 0 Å². The van der Waals surface area contributed by atoms with Gasteiger partial charge in [-0.2, -0.15) is 0 Å². The zero-order valence-electron chi connectivity index (χ0n) is 21.1. The molecule has 0 fully saturated rings. The molecule has 1 aromatic heterocycles. The summed E-state index contributed by atoms with van der Waals surface area (Å²) in [6.07, 6.45) is 6.73. The van der Waals surface area contributed by atoms with Crippen molar-refractivity contribution in [3.63, 3.8) is 0 Å². The highest BCUT2D eigenvalue weighted by Gasteiger charge is 2.38. The fraction of sp³-hybridized carbons (Fsp3) is 0.414. The van der Waals surface area contributed by atoms with Gasteiger partial charge in [-0.25, -0.2) is 9.37 Å². The molecule has 0 bridgehead atoms. The van der Waals surface area contributed by atoms with E-state index < -0.39 is 0 Å². The van der Waals surface area contributed by atoms with Gasteiger partial charge < -0.3 is 15.4 Å². The van der Waals surface area contributed by atoms with Gasteiger partial charge >= 0.3 is 0 Å². The molecule has 2 atom stereocenters. The summed E-state index contributed by atoms with van der Waals surface area (Å²) in [5.41, 5.74) is 16.5. The van der Waals surface area contributed by atoms with E-state index in [-0.39, 0.29) is 17.8 Å². The maximum absolute atomic E-state index is 14.7. The molecule has 0 radical (unpaired) electrons. The highest BCUT2D eigenvalue weighted by atomic mass is 19.1. The van der Waals surface area contributed by atoms with Gasteiger partial charge in [-0.1, -0.05) is 33.4 Å². The molecule has 0 saturated carbocycles. The first kappa shape index (κ1) is 24.4. The van der Waals surface area contributed by atoms with Crippen molar-refractivity contribution in [2.24, 2.45) is 11.7 Å². The second kappa shape index (κ2) is 9.47. The van der Waals surface area contributed by atoms with Crippen LogP contribution in [0.5, 0.6) is 0 Å². The van der Waals surface area contributed by atoms with Crippen LogP contribution < -0.4 is 5.73 Å². The van der Waals surface area contributed by atoms with Crippen molar-refractivity contribution in [2.45, 2.75) is 59.5 Å². The van der Waals surface area contributed by atoms with Gasteiger partial charge in [0.15, 0.2) is 0 Å². The third kappa shape index (κ3) is 3.53. The second-order valence-corrected chi connectivity index (χ2v) is 9.03. The van der Waals surface area contributed by atoms with E-state index in [1.165, 1.54) is 5.57 Å². The molecular formula is C29H36FN3O. The van der Waals surface area contributed by atoms with E-state index in [4.69, 9.17) is 15.5 Å². The molecule has 1 aromatic carbocycles. The summed E-state index contributed by atoms with van der Waals surface area (Å²) in [6.45, 7) is 17.7. The van der Waals surface area contributed by atoms with Crippen LogP contribution in [0.4, 0.5) is 4.39 Å². The number of rotatable bonds is 5. The van der Waals surface area contributed by atoms with Crippen LogP contribution in [0.25, 0.3) is 16.6 Å². The van der Waals surface area contributed by atoms with E-state index in [2.05, 4.69) is 31.1 Å². The lowest BCUT2D eigenvalue weighted by Gasteiger charge is -2.32. The minimum Gasteiger partial charge on any atom is -0.380 e. The number of aryl methyl sites for hydroxylation is 1. The Balaban J connectivity index is 0.00000133. The molecule has 0 saturated heterocycles. The minimum atomic E-state index is -0.195. The lowest BCUT2D eigenvalue weighted by Crippen LogP contribution is -2.24. The number of pyridine rings is 1. The summed E-state index contributed by atoms with van der Waals surface area (Å²) in [4.78, 5) is 7.22. The second-order valence-electron chi connectivity index (χ2n) is 9.03. The maximum atomic E-state index is 14.7. The summed E-state index contributed by atoms with van der Waals surface area (Å²) in [5, 5.41) is 1.05. The summed E-state index contributed by atoms with van der Waals surface area (Å²) >= 11 is 0. The number of methoxy groups -OCH3 is 1. The van der Waals surface area contributed by atoms with Gasteiger partial charge in [0.2, 0.25) is 0 Å². The number of nitrogens with zero attached hydrogens (tertiary/aromatic N) is 2. The molecular weight excluding hydrogens is 425 g/mol. The molecule has 2 unspecified atom stereocenters. The highest BCUT2D eigenvalue weighted by Crippen LogP contribution is 2.48. The van der Waals surface area contributed by atoms with E-state index in [1.807, 2.05) is 26.8 Å². The topological polar surface area (TPSA) is 51.4 Å². The number of allylic oxidation sites excluding steroid dienone is 3. The predicted octanol–water partition coefficient (Wildman–Crippen LogP) is 6.49. The van der Waals surface area contributed by atoms with Gasteiger partial charge in [0.1, 0.15) is 5.82 Å². The maximum Gasteiger partial charge on any atom is 0.128 e. The Kier molecular flexibility index (Phi) is 6.79. The van der Waals surface area contributed by atoms with Crippen molar-refractivity contribution < 1.29 is 9.13 Å². The Morgan fingerprint density at radius 2 is 2.09 bits per heavy atom. The Labute approximate surface area is 202 Å². The van der Waals surface area contributed by atoms with E-state index in [0.29, 0.717) is 18.7 Å². The van der Waals surface area contributed by atoms with Crippen LogP contribution in [0.3, 0.4) is 0 Å². The van der Waals surface area contributed by atoms with Crippen LogP contribution in [0.2, 0.25) is 0 Å². The van der Waals surface area contributed by atoms with Crippen molar-refractivity contribution in [1.82, 2.24) is 9.88 Å². The van der Waals surface area contributed by atoms with E-state index in [1.54, 1.807) is 13.2 Å². The number of hydrogen-bond donors (Lipinski definition) is 1. The molecule has 0 spiro atoms. The fourth-order valence-corrected chi connectivity index (χ4v) is 5.66. The van der Waals surface area contributed by atoms with Crippen LogP contribution in [-0.2, 0) is 17.7 Å². The Hall–Kier alpha value is -2.76. The van der Waals surface area contributed by atoms with Gasteiger partial charge in [-0.15, -0.1) is 6.58 Å². The number of nitrogens with two attached hydrogens (primary N) is 1. The van der Waals surface area contributed by atoms with Crippen LogP contribution >= 0.6 is 0 Å². The largest absolute Gasteiger partial charge is 0.380 e. The lowest BCUT2D eigenvalue weighted by molar-refractivity contribution is 0.222. The number of ether oxygens (including phenoxy) is 1. The average molecular weight is 462 g/mol. The third-order valence-corrected chi connectivity index (χ3v) is 7.40. The Morgan fingerprint density at radius 1 is 1.35 bits per heavy atom. The third-order valence-electron chi connectivity index (χ3n) is 7.40. The van der Waals surface area contributed by atoms with E-state index in [9.17, 15) is 4.39 Å². The molecule has 2 aliphatic heterocycles. The van der Waals surface area contributed by atoms with Crippen molar-refractivity contribution in [3.8, 4) is 0 Å². The number of halogens is 1. The van der Waals surface area contributed by atoms with Gasteiger partial charge in [-0.3, -0.25) is 0 Å². The molecule has 5 heteroatoms. The standard InChI is InChI=1S/C27H30FN3O.C2H6/c1-6-16(7-2)18-10-24-27-19(12-31(24)15(4)20(18)13-32-5)25-22(29)9-8-17-14(3)21(28)11-23(30-27)26(17)25;1-2/h6,10-11,16,22H,1,4,7-9,12-13,29H2,2-3,5H3;1-2H3. The normalized spacial score (nSPS) is 19.4. The van der Waals surface area contributed by atoms with E-state index in [0.717, 1.165) is 69.6 Å². The Bertz CT molecular complexity index is 1240. The zero-order chi connectivity index (χ0) is 24.7. The molecule has 2 aromatic rings. The summed E-state index contributed by atoms with van der Waals surface area (Å²) < 4.78 is 20.3. The predicted molar refractivity (Wildman–Crippen MR) is 139 cm³/mol. The monoisotopic (exact) mass is 461 g/mol.